The molecule has 0 aliphatic carbocycles. The Morgan fingerprint density at radius 3 is 0.952 bits per heavy atom. The van der Waals surface area contributed by atoms with E-state index < -0.39 is 11.2 Å². The second kappa shape index (κ2) is 15.9. The molecule has 4 rings (SSSR count). The molecule has 0 aliphatic heterocycles. The average Bonchev–Trinajstić information content (AvgIpc) is 3.06. The monoisotopic (exact) mass is 564 g/mol. The predicted octanol–water partition coefficient (Wildman–Crippen LogP) is 6.60. The Hall–Kier alpha value is -4.70. The summed E-state index contributed by atoms with van der Waals surface area (Å²) < 4.78 is 23.8. The van der Waals surface area contributed by atoms with Gasteiger partial charge in [-0.25, -0.2) is 0 Å². The summed E-state index contributed by atoms with van der Waals surface area (Å²) in [5.74, 6) is 0. The molecule has 0 aromatic heterocycles. The highest BCUT2D eigenvalue weighted by Crippen LogP contribution is 2.34. The van der Waals surface area contributed by atoms with Crippen molar-refractivity contribution in [2.45, 2.75) is 11.2 Å². The van der Waals surface area contributed by atoms with E-state index in [1.54, 1.807) is 0 Å². The fraction of sp³-hybridized carbons (Fsp3) is 0.235. The Kier molecular flexibility index (Phi) is 11.5. The van der Waals surface area contributed by atoms with Gasteiger partial charge in [-0.3, -0.25) is 0 Å². The van der Waals surface area contributed by atoms with Crippen molar-refractivity contribution in [3.05, 3.63) is 164 Å². The van der Waals surface area contributed by atoms with Gasteiger partial charge in [0, 0.05) is 32.3 Å². The van der Waals surface area contributed by atoms with Crippen molar-refractivity contribution in [2.24, 2.45) is 0 Å². The van der Waals surface area contributed by atoms with Gasteiger partial charge >= 0.3 is 12.1 Å². The van der Waals surface area contributed by atoms with E-state index in [0.717, 1.165) is 22.3 Å². The van der Waals surface area contributed by atoms with Gasteiger partial charge in [-0.05, 0) is 0 Å². The van der Waals surface area contributed by atoms with Gasteiger partial charge in [0.15, 0.2) is 0 Å². The first-order chi connectivity index (χ1) is 20.7. The van der Waals surface area contributed by atoms with Gasteiger partial charge < -0.3 is 29.4 Å². The van der Waals surface area contributed by atoms with Gasteiger partial charge in [-0.1, -0.05) is 121 Å². The third kappa shape index (κ3) is 7.52. The summed E-state index contributed by atoms with van der Waals surface area (Å²) in [5.41, 5.74) is 0.438. The second-order valence-electron chi connectivity index (χ2n) is 9.15. The molecule has 4 aromatic carbocycles. The van der Waals surface area contributed by atoms with Gasteiger partial charge in [0.25, 0.3) is 11.2 Å². The minimum Gasteiger partial charge on any atom is -0.498 e. The van der Waals surface area contributed by atoms with Crippen LogP contribution in [0, 0.1) is 22.6 Å². The number of hydrogen-bond acceptors (Lipinski definition) is 6. The van der Waals surface area contributed by atoms with E-state index in [9.17, 15) is 10.4 Å². The summed E-state index contributed by atoms with van der Waals surface area (Å²) >= 11 is 0. The van der Waals surface area contributed by atoms with E-state index in [1.807, 2.05) is 121 Å². The minimum absolute atomic E-state index is 0.191. The van der Waals surface area contributed by atoms with Gasteiger partial charge in [-0.2, -0.15) is 0 Å². The van der Waals surface area contributed by atoms with Crippen LogP contribution in [0.2, 0.25) is 0 Å². The van der Waals surface area contributed by atoms with E-state index in [4.69, 9.17) is 18.9 Å². The Morgan fingerprint density at radius 2 is 0.690 bits per heavy atom. The van der Waals surface area contributed by atoms with E-state index >= 15 is 0 Å². The normalized spacial score (nSPS) is 11.1. The maximum absolute atomic E-state index is 11.4. The van der Waals surface area contributed by atoms with Gasteiger partial charge in [-0.15, -0.1) is 0 Å². The zero-order valence-corrected chi connectivity index (χ0v) is 23.1. The lowest BCUT2D eigenvalue weighted by molar-refractivity contribution is -0.0414. The number of ether oxygens (including phenoxy) is 4. The minimum atomic E-state index is -1.25. The molecule has 42 heavy (non-hydrogen) atoms. The molecule has 0 aliphatic rings. The van der Waals surface area contributed by atoms with E-state index in [2.05, 4.69) is 22.2 Å². The van der Waals surface area contributed by atoms with Crippen molar-refractivity contribution < 1.29 is 18.9 Å². The summed E-state index contributed by atoms with van der Waals surface area (Å²) in [6.45, 7) is 1.56. The molecule has 0 N–H and O–H groups in total. The highest BCUT2D eigenvalue weighted by molar-refractivity contribution is 5.45. The van der Waals surface area contributed by atoms with Crippen LogP contribution < -0.4 is 0 Å². The Labute approximate surface area is 245 Å². The highest BCUT2D eigenvalue weighted by atomic mass is 16.6. The second-order valence-corrected chi connectivity index (χ2v) is 9.15. The molecule has 0 radical (unpaired) electrons. The third-order valence-electron chi connectivity index (χ3n) is 6.59. The molecule has 0 saturated carbocycles. The first kappa shape index (κ1) is 30.3. The lowest BCUT2D eigenvalue weighted by Crippen LogP contribution is -2.31. The zero-order chi connectivity index (χ0) is 29.4. The van der Waals surface area contributed by atoms with Crippen molar-refractivity contribution in [1.82, 2.24) is 0 Å². The number of nitrogens with zero attached hydrogens (tertiary/aromatic N) is 2. The molecule has 0 heterocycles. The molecule has 8 nitrogen and oxygen atoms in total. The summed E-state index contributed by atoms with van der Waals surface area (Å²) in [5, 5.41) is 28.6. The molecule has 0 spiro atoms. The van der Waals surface area contributed by atoms with Gasteiger partial charge in [0.1, 0.15) is 0 Å². The van der Waals surface area contributed by atoms with Crippen molar-refractivity contribution in [1.29, 1.82) is 0 Å². The number of rotatable bonds is 15. The van der Waals surface area contributed by atoms with E-state index in [-0.39, 0.29) is 26.4 Å². The lowest BCUT2D eigenvalue weighted by atomic mass is 9.87. The van der Waals surface area contributed by atoms with Crippen molar-refractivity contribution >= 4 is 0 Å². The lowest BCUT2D eigenvalue weighted by Gasteiger charge is -2.25. The summed E-state index contributed by atoms with van der Waals surface area (Å²) in [4.78, 5) is 0. The molecular weight excluding hydrogens is 532 g/mol. The standard InChI is InChI=1S/C34H32N2O6/c37-35-27-33(29-13-5-1-6-14-29,30-15-7-2-8-16-30)41-25-23-39-21-22-40-24-26-42-34(28-36-38,31-17-9-3-10-18-31)32-19-11-4-12-20-32/h1-20H,21-26H2. The molecule has 0 unspecified atom stereocenters. The summed E-state index contributed by atoms with van der Waals surface area (Å²) in [7, 11) is 0. The number of benzene rings is 4. The molecule has 214 valence electrons. The Bertz CT molecular complexity index is 1270. The molecule has 4 aromatic rings. The zero-order valence-electron chi connectivity index (χ0n) is 23.1. The van der Waals surface area contributed by atoms with Crippen LogP contribution in [0.5, 0.6) is 0 Å². The van der Waals surface area contributed by atoms with Gasteiger partial charge in [0.2, 0.25) is 0 Å². The van der Waals surface area contributed by atoms with Crippen LogP contribution in [-0.2, 0) is 30.1 Å². The molecule has 0 saturated heterocycles. The van der Waals surface area contributed by atoms with E-state index in [0.29, 0.717) is 13.2 Å². The smallest absolute Gasteiger partial charge is 0.344 e. The van der Waals surface area contributed by atoms with Crippen molar-refractivity contribution in [3.63, 3.8) is 0 Å². The first-order valence-corrected chi connectivity index (χ1v) is 13.6. The quantitative estimate of drug-likeness (QED) is 0.119. The maximum atomic E-state index is 11.4. The van der Waals surface area contributed by atoms with Crippen LogP contribution in [0.3, 0.4) is 0 Å². The van der Waals surface area contributed by atoms with Crippen LogP contribution >= 0.6 is 0 Å². The predicted molar refractivity (Wildman–Crippen MR) is 162 cm³/mol. The van der Waals surface area contributed by atoms with E-state index in [1.165, 1.54) is 0 Å². The molecule has 8 heteroatoms. The fourth-order valence-electron chi connectivity index (χ4n) is 4.64. The van der Waals surface area contributed by atoms with Crippen LogP contribution in [0.15, 0.2) is 121 Å². The first-order valence-electron chi connectivity index (χ1n) is 13.6. The Balaban J connectivity index is 1.26. The summed E-state index contributed by atoms with van der Waals surface area (Å²) in [6, 6.07) is 42.7. The largest absolute Gasteiger partial charge is 0.498 e. The maximum Gasteiger partial charge on any atom is 0.344 e. The van der Waals surface area contributed by atoms with Crippen LogP contribution in [0.25, 0.3) is 10.0 Å². The van der Waals surface area contributed by atoms with Gasteiger partial charge in [0.05, 0.1) is 39.6 Å². The SMILES string of the molecule is [O-][N+]#CC(OCCOCCOCCOC(C#[N+][O-])(c1ccccc1)c1ccccc1)(c1ccccc1)c1ccccc1. The molecule has 0 amide bonds. The van der Waals surface area contributed by atoms with Crippen molar-refractivity contribution in [2.75, 3.05) is 39.6 Å². The number of hydrogen-bond donors (Lipinski definition) is 0. The topological polar surface area (TPSA) is 91.8 Å². The Morgan fingerprint density at radius 1 is 0.429 bits per heavy atom. The highest BCUT2D eigenvalue weighted by Gasteiger charge is 2.41. The molecule has 0 fully saturated rings. The molecular formula is C34H32N2O6. The molecule has 0 bridgehead atoms. The van der Waals surface area contributed by atoms with Crippen molar-refractivity contribution in [3.8, 4) is 12.1 Å². The molecule has 0 atom stereocenters. The average molecular weight is 565 g/mol. The summed E-state index contributed by atoms with van der Waals surface area (Å²) in [6.07, 6.45) is 0. The van der Waals surface area contributed by atoms with Crippen LogP contribution in [0.1, 0.15) is 22.3 Å². The third-order valence-corrected chi connectivity index (χ3v) is 6.59. The van der Waals surface area contributed by atoms with Crippen LogP contribution in [-0.4, -0.2) is 39.6 Å². The fourth-order valence-corrected chi connectivity index (χ4v) is 4.64. The van der Waals surface area contributed by atoms with Crippen LogP contribution in [0.4, 0.5) is 0 Å².